The zero-order valence-electron chi connectivity index (χ0n) is 9.96. The predicted octanol–water partition coefficient (Wildman–Crippen LogP) is 1.58. The van der Waals surface area contributed by atoms with Gasteiger partial charge in [-0.1, -0.05) is 0 Å². The lowest BCUT2D eigenvalue weighted by Gasteiger charge is -2.07. The lowest BCUT2D eigenvalue weighted by atomic mass is 10.7. The van der Waals surface area contributed by atoms with Crippen LogP contribution in [0.2, 0.25) is 0 Å². The molecule has 18 heavy (non-hydrogen) atoms. The number of hydrogen-bond donors (Lipinski definition) is 0. The summed E-state index contributed by atoms with van der Waals surface area (Å²) in [5.74, 6) is 0. The van der Waals surface area contributed by atoms with Crippen LogP contribution < -0.4 is 0 Å². The third-order valence-electron chi connectivity index (χ3n) is 1.60. The fourth-order valence-electron chi connectivity index (χ4n) is 0.903. The summed E-state index contributed by atoms with van der Waals surface area (Å²) < 4.78 is 65.6. The summed E-state index contributed by atoms with van der Waals surface area (Å²) >= 11 is 0. The minimum atomic E-state index is -2.47. The van der Waals surface area contributed by atoms with Crippen molar-refractivity contribution in [3.8, 4) is 0 Å². The van der Waals surface area contributed by atoms with Crippen molar-refractivity contribution in [2.75, 3.05) is 52.9 Å². The molecule has 4 nitrogen and oxygen atoms in total. The Morgan fingerprint density at radius 2 is 0.778 bits per heavy atom. The largest absolute Gasteiger partial charge is 0.377 e. The molecule has 0 amide bonds. The maximum atomic E-state index is 11.6. The van der Waals surface area contributed by atoms with E-state index in [2.05, 4.69) is 9.47 Å². The molecule has 0 aromatic carbocycles. The van der Waals surface area contributed by atoms with Gasteiger partial charge in [-0.05, 0) is 0 Å². The van der Waals surface area contributed by atoms with Crippen molar-refractivity contribution >= 4 is 0 Å². The van der Waals surface area contributed by atoms with E-state index in [1.807, 2.05) is 0 Å². The number of rotatable bonds is 13. The van der Waals surface area contributed by atoms with E-state index < -0.39 is 26.1 Å². The van der Waals surface area contributed by atoms with Gasteiger partial charge in [0.25, 0.3) is 12.9 Å². The van der Waals surface area contributed by atoms with E-state index in [9.17, 15) is 17.6 Å². The Hall–Kier alpha value is -0.440. The highest BCUT2D eigenvalue weighted by Gasteiger charge is 2.01. The zero-order valence-corrected chi connectivity index (χ0v) is 9.96. The standard InChI is InChI=1S/C10H18F4O4/c11-9(12)7-17-5-3-15-1-2-16-4-6-18-8-10(13)14/h9-10H,1-8H2. The maximum absolute atomic E-state index is 11.6. The highest BCUT2D eigenvalue weighted by atomic mass is 19.3. The molecule has 0 aliphatic rings. The summed E-state index contributed by atoms with van der Waals surface area (Å²) in [5.41, 5.74) is 0. The zero-order chi connectivity index (χ0) is 13.6. The molecular weight excluding hydrogens is 260 g/mol. The summed E-state index contributed by atoms with van der Waals surface area (Å²) in [6.07, 6.45) is -4.94. The van der Waals surface area contributed by atoms with Crippen LogP contribution in [-0.4, -0.2) is 65.7 Å². The fraction of sp³-hybridized carbons (Fsp3) is 1.00. The quantitative estimate of drug-likeness (QED) is 0.379. The van der Waals surface area contributed by atoms with Crippen molar-refractivity contribution in [1.82, 2.24) is 0 Å². The Bertz CT molecular complexity index is 154. The van der Waals surface area contributed by atoms with E-state index in [1.54, 1.807) is 0 Å². The van der Waals surface area contributed by atoms with Crippen molar-refractivity contribution in [3.05, 3.63) is 0 Å². The second-order valence-electron chi connectivity index (χ2n) is 3.16. The summed E-state index contributed by atoms with van der Waals surface area (Å²) in [4.78, 5) is 0. The van der Waals surface area contributed by atoms with Crippen LogP contribution in [0.5, 0.6) is 0 Å². The average molecular weight is 278 g/mol. The molecule has 0 aromatic heterocycles. The molecule has 0 heterocycles. The molecule has 110 valence electrons. The topological polar surface area (TPSA) is 36.9 Å². The molecule has 0 rings (SSSR count). The average Bonchev–Trinajstić information content (AvgIpc) is 2.29. The molecule has 0 saturated heterocycles. The fourth-order valence-corrected chi connectivity index (χ4v) is 0.903. The maximum Gasteiger partial charge on any atom is 0.261 e. The second kappa shape index (κ2) is 13.0. The van der Waals surface area contributed by atoms with Gasteiger partial charge in [-0.25, -0.2) is 17.6 Å². The lowest BCUT2D eigenvalue weighted by Crippen LogP contribution is -2.14. The minimum absolute atomic E-state index is 0.0990. The summed E-state index contributed by atoms with van der Waals surface area (Å²) in [7, 11) is 0. The summed E-state index contributed by atoms with van der Waals surface area (Å²) in [6, 6.07) is 0. The van der Waals surface area contributed by atoms with Crippen molar-refractivity contribution in [2.24, 2.45) is 0 Å². The third kappa shape index (κ3) is 15.6. The van der Waals surface area contributed by atoms with Gasteiger partial charge in [0.1, 0.15) is 13.2 Å². The Kier molecular flexibility index (Phi) is 12.7. The van der Waals surface area contributed by atoms with Gasteiger partial charge in [-0.3, -0.25) is 0 Å². The van der Waals surface area contributed by atoms with Gasteiger partial charge >= 0.3 is 0 Å². The molecule has 0 spiro atoms. The molecule has 0 aliphatic heterocycles. The SMILES string of the molecule is FC(F)COCCOCCOCCOCC(F)F. The molecule has 8 heteroatoms. The highest BCUT2D eigenvalue weighted by molar-refractivity contribution is 4.37. The smallest absolute Gasteiger partial charge is 0.261 e. The van der Waals surface area contributed by atoms with Crippen molar-refractivity contribution < 1.29 is 36.5 Å². The van der Waals surface area contributed by atoms with Gasteiger partial charge in [0, 0.05) is 0 Å². The molecule has 0 fully saturated rings. The van der Waals surface area contributed by atoms with Crippen LogP contribution in [0, 0.1) is 0 Å². The van der Waals surface area contributed by atoms with Crippen LogP contribution in [-0.2, 0) is 18.9 Å². The van der Waals surface area contributed by atoms with Crippen molar-refractivity contribution in [1.29, 1.82) is 0 Å². The number of alkyl halides is 4. The van der Waals surface area contributed by atoms with Crippen LogP contribution in [0.1, 0.15) is 0 Å². The van der Waals surface area contributed by atoms with E-state index in [0.29, 0.717) is 0 Å². The van der Waals surface area contributed by atoms with Crippen molar-refractivity contribution in [3.63, 3.8) is 0 Å². The summed E-state index contributed by atoms with van der Waals surface area (Å²) in [5, 5.41) is 0. The molecule has 0 atom stereocenters. The molecule has 0 aromatic rings. The predicted molar refractivity (Wildman–Crippen MR) is 55.3 cm³/mol. The molecule has 0 N–H and O–H groups in total. The van der Waals surface area contributed by atoms with Gasteiger partial charge in [0.05, 0.1) is 39.6 Å². The Labute approximate surface area is 103 Å². The first-order valence-corrected chi connectivity index (χ1v) is 5.50. The van der Waals surface area contributed by atoms with E-state index in [0.717, 1.165) is 0 Å². The molecule has 0 aliphatic carbocycles. The van der Waals surface area contributed by atoms with Gasteiger partial charge < -0.3 is 18.9 Å². The molecular formula is C10H18F4O4. The van der Waals surface area contributed by atoms with Gasteiger partial charge in [0.2, 0.25) is 0 Å². The van der Waals surface area contributed by atoms with E-state index >= 15 is 0 Å². The first-order valence-electron chi connectivity index (χ1n) is 5.50. The first kappa shape index (κ1) is 17.6. The molecule has 0 unspecified atom stereocenters. The van der Waals surface area contributed by atoms with Gasteiger partial charge in [0.15, 0.2) is 0 Å². The van der Waals surface area contributed by atoms with Crippen LogP contribution in [0.25, 0.3) is 0 Å². The molecule has 0 bridgehead atoms. The van der Waals surface area contributed by atoms with E-state index in [4.69, 9.17) is 9.47 Å². The van der Waals surface area contributed by atoms with E-state index in [1.165, 1.54) is 0 Å². The lowest BCUT2D eigenvalue weighted by molar-refractivity contribution is -0.0323. The minimum Gasteiger partial charge on any atom is -0.377 e. The number of halogens is 4. The molecule has 0 saturated carbocycles. The molecule has 0 radical (unpaired) electrons. The van der Waals surface area contributed by atoms with Crippen LogP contribution >= 0.6 is 0 Å². The Morgan fingerprint density at radius 1 is 0.500 bits per heavy atom. The highest BCUT2D eigenvalue weighted by Crippen LogP contribution is 1.93. The van der Waals surface area contributed by atoms with Crippen LogP contribution in [0.3, 0.4) is 0 Å². The monoisotopic (exact) mass is 278 g/mol. The number of hydrogen-bond acceptors (Lipinski definition) is 4. The van der Waals surface area contributed by atoms with Gasteiger partial charge in [-0.15, -0.1) is 0 Å². The normalized spacial score (nSPS) is 11.7. The summed E-state index contributed by atoms with van der Waals surface area (Å²) in [6.45, 7) is -0.0119. The first-order chi connectivity index (χ1) is 8.63. The Balaban J connectivity index is 2.95. The van der Waals surface area contributed by atoms with Crippen LogP contribution in [0.15, 0.2) is 0 Å². The Morgan fingerprint density at radius 3 is 1.06 bits per heavy atom. The van der Waals surface area contributed by atoms with E-state index in [-0.39, 0.29) is 39.6 Å². The van der Waals surface area contributed by atoms with Crippen molar-refractivity contribution in [2.45, 2.75) is 12.9 Å². The number of ether oxygens (including phenoxy) is 4. The van der Waals surface area contributed by atoms with Gasteiger partial charge in [-0.2, -0.15) is 0 Å². The third-order valence-corrected chi connectivity index (χ3v) is 1.60. The van der Waals surface area contributed by atoms with Crippen LogP contribution in [0.4, 0.5) is 17.6 Å². The second-order valence-corrected chi connectivity index (χ2v) is 3.16.